The number of hydrogen-bond donors (Lipinski definition) is 0. The molecular weight excluding hydrogens is 506 g/mol. The number of carbonyl (C=O) groups is 1. The van der Waals surface area contributed by atoms with Crippen molar-refractivity contribution < 1.29 is 26.8 Å². The summed E-state index contributed by atoms with van der Waals surface area (Å²) in [5.74, 6) is -0.414. The van der Waals surface area contributed by atoms with Crippen LogP contribution in [0.3, 0.4) is 0 Å². The van der Waals surface area contributed by atoms with Crippen LogP contribution >= 0.6 is 24.0 Å². The van der Waals surface area contributed by atoms with Crippen LogP contribution < -0.4 is 4.90 Å². The molecule has 1 aliphatic rings. The zero-order chi connectivity index (χ0) is 24.7. The second-order valence-electron chi connectivity index (χ2n) is 7.19. The maximum atomic E-state index is 14.2. The van der Waals surface area contributed by atoms with Gasteiger partial charge in [0, 0.05) is 11.6 Å². The number of benzene rings is 2. The number of rotatable bonds is 4. The number of alkyl halides is 3. The van der Waals surface area contributed by atoms with Gasteiger partial charge in [-0.1, -0.05) is 30.0 Å². The van der Waals surface area contributed by atoms with Gasteiger partial charge in [0.2, 0.25) is 0 Å². The Morgan fingerprint density at radius 2 is 1.91 bits per heavy atom. The molecule has 0 unspecified atom stereocenters. The van der Waals surface area contributed by atoms with Gasteiger partial charge in [-0.15, -0.1) is 5.10 Å². The Morgan fingerprint density at radius 3 is 2.66 bits per heavy atom. The average molecular weight is 517 g/mol. The van der Waals surface area contributed by atoms with Gasteiger partial charge in [-0.3, -0.25) is 9.69 Å². The van der Waals surface area contributed by atoms with E-state index in [1.807, 2.05) is 0 Å². The van der Waals surface area contributed by atoms with Gasteiger partial charge >= 0.3 is 6.18 Å². The second kappa shape index (κ2) is 8.74. The van der Waals surface area contributed by atoms with Gasteiger partial charge in [-0.05, 0) is 59.0 Å². The zero-order valence-electron chi connectivity index (χ0n) is 17.2. The van der Waals surface area contributed by atoms with Gasteiger partial charge < -0.3 is 4.42 Å². The lowest BCUT2D eigenvalue weighted by atomic mass is 10.1. The van der Waals surface area contributed by atoms with Gasteiger partial charge in [0.15, 0.2) is 4.32 Å². The smallest absolute Gasteiger partial charge is 0.416 e. The van der Waals surface area contributed by atoms with Crippen molar-refractivity contribution in [1.29, 1.82) is 0 Å². The summed E-state index contributed by atoms with van der Waals surface area (Å²) in [4.78, 5) is 14.2. The zero-order valence-corrected chi connectivity index (χ0v) is 18.9. The van der Waals surface area contributed by atoms with Gasteiger partial charge in [0.05, 0.1) is 16.2 Å². The minimum atomic E-state index is -4.55. The highest BCUT2D eigenvalue weighted by Gasteiger charge is 2.36. The molecule has 0 bridgehead atoms. The van der Waals surface area contributed by atoms with E-state index < -0.39 is 23.5 Å². The number of halogens is 4. The standard InChI is InChI=1S/C22H11F4N5O2S2/c23-16-6-4-12(8-17(16)30-11-27-28-29-30)18-7-5-15(33-18)10-19-20(32)31(21(34)35-19)14-3-1-2-13(9-14)22(24,25)26/h1-11H/b19-10-. The Bertz CT molecular complexity index is 1480. The molecule has 2 aromatic carbocycles. The van der Waals surface area contributed by atoms with Crippen LogP contribution in [-0.2, 0) is 11.0 Å². The summed E-state index contributed by atoms with van der Waals surface area (Å²) in [5.41, 5.74) is -0.211. The van der Waals surface area contributed by atoms with E-state index in [1.165, 1.54) is 47.4 Å². The van der Waals surface area contributed by atoms with Gasteiger partial charge in [-0.2, -0.15) is 17.9 Å². The van der Waals surface area contributed by atoms with Crippen molar-refractivity contribution in [3.63, 3.8) is 0 Å². The number of tetrazole rings is 1. The molecule has 1 saturated heterocycles. The highest BCUT2D eigenvalue weighted by Crippen LogP contribution is 2.39. The first-order chi connectivity index (χ1) is 16.7. The SMILES string of the molecule is O=C1/C(=C/c2ccc(-c3ccc(F)c(-n4cnnn4)c3)o2)SC(=S)N1c1cccc(C(F)(F)F)c1. The third kappa shape index (κ3) is 4.47. The average Bonchev–Trinajstić information content (AvgIpc) is 3.56. The molecule has 0 atom stereocenters. The lowest BCUT2D eigenvalue weighted by Crippen LogP contribution is -2.27. The molecule has 35 heavy (non-hydrogen) atoms. The predicted octanol–water partition coefficient (Wildman–Crippen LogP) is 5.49. The fourth-order valence-electron chi connectivity index (χ4n) is 3.34. The Kier molecular flexibility index (Phi) is 5.73. The molecule has 3 heterocycles. The second-order valence-corrected chi connectivity index (χ2v) is 8.86. The Labute approximate surface area is 204 Å². The van der Waals surface area contributed by atoms with Crippen molar-refractivity contribution >= 4 is 46.0 Å². The van der Waals surface area contributed by atoms with Crippen LogP contribution in [0.1, 0.15) is 11.3 Å². The molecule has 1 fully saturated rings. The van der Waals surface area contributed by atoms with E-state index in [1.54, 1.807) is 12.1 Å². The van der Waals surface area contributed by atoms with Gasteiger partial charge in [0.1, 0.15) is 29.4 Å². The normalized spacial score (nSPS) is 15.4. The van der Waals surface area contributed by atoms with Crippen LogP contribution in [0.5, 0.6) is 0 Å². The predicted molar refractivity (Wildman–Crippen MR) is 124 cm³/mol. The molecule has 0 N–H and O–H groups in total. The molecular formula is C22H11F4N5O2S2. The highest BCUT2D eigenvalue weighted by atomic mass is 32.2. The fourth-order valence-corrected chi connectivity index (χ4v) is 4.62. The molecule has 13 heteroatoms. The number of nitrogens with zero attached hydrogens (tertiary/aromatic N) is 5. The monoisotopic (exact) mass is 517 g/mol. The van der Waals surface area contributed by atoms with Crippen molar-refractivity contribution in [3.05, 3.63) is 83.0 Å². The van der Waals surface area contributed by atoms with Crippen molar-refractivity contribution in [2.45, 2.75) is 6.18 Å². The van der Waals surface area contributed by atoms with E-state index in [2.05, 4.69) is 15.5 Å². The lowest BCUT2D eigenvalue weighted by Gasteiger charge is -2.16. The summed E-state index contributed by atoms with van der Waals surface area (Å²) in [6, 6.07) is 11.9. The first-order valence-electron chi connectivity index (χ1n) is 9.79. The molecule has 1 aliphatic heterocycles. The summed E-state index contributed by atoms with van der Waals surface area (Å²) in [5, 5.41) is 10.7. The molecule has 5 rings (SSSR count). The molecule has 4 aromatic rings. The minimum Gasteiger partial charge on any atom is -0.457 e. The van der Waals surface area contributed by atoms with E-state index in [9.17, 15) is 22.4 Å². The van der Waals surface area contributed by atoms with E-state index in [0.29, 0.717) is 17.1 Å². The maximum absolute atomic E-state index is 14.2. The number of furan rings is 1. The third-order valence-corrected chi connectivity index (χ3v) is 6.25. The first-order valence-corrected chi connectivity index (χ1v) is 11.0. The number of carbonyl (C=O) groups excluding carboxylic acids is 1. The molecule has 2 aromatic heterocycles. The summed E-state index contributed by atoms with van der Waals surface area (Å²) < 4.78 is 60.5. The van der Waals surface area contributed by atoms with E-state index >= 15 is 0 Å². The van der Waals surface area contributed by atoms with Crippen LogP contribution in [0.4, 0.5) is 23.2 Å². The third-order valence-electron chi connectivity index (χ3n) is 4.95. The molecule has 7 nitrogen and oxygen atoms in total. The Hall–Kier alpha value is -3.84. The number of hydrogen-bond acceptors (Lipinski definition) is 7. The molecule has 176 valence electrons. The quantitative estimate of drug-likeness (QED) is 0.201. The van der Waals surface area contributed by atoms with Gasteiger partial charge in [-0.25, -0.2) is 4.39 Å². The highest BCUT2D eigenvalue weighted by molar-refractivity contribution is 8.27. The van der Waals surface area contributed by atoms with Crippen LogP contribution in [0.15, 0.2) is 70.2 Å². The Morgan fingerprint density at radius 1 is 1.09 bits per heavy atom. The number of anilines is 1. The maximum Gasteiger partial charge on any atom is 0.416 e. The van der Waals surface area contributed by atoms with Crippen molar-refractivity contribution in [3.8, 4) is 17.0 Å². The summed E-state index contributed by atoms with van der Waals surface area (Å²) in [6.45, 7) is 0. The van der Waals surface area contributed by atoms with Gasteiger partial charge in [0.25, 0.3) is 5.91 Å². The lowest BCUT2D eigenvalue weighted by molar-refractivity contribution is -0.137. The molecule has 1 amide bonds. The minimum absolute atomic E-state index is 0.0206. The van der Waals surface area contributed by atoms with Crippen LogP contribution in [-0.4, -0.2) is 30.4 Å². The van der Waals surface area contributed by atoms with Crippen molar-refractivity contribution in [2.24, 2.45) is 0 Å². The molecule has 0 radical (unpaired) electrons. The molecule has 0 saturated carbocycles. The van der Waals surface area contributed by atoms with Crippen LogP contribution in [0.25, 0.3) is 23.1 Å². The summed E-state index contributed by atoms with van der Waals surface area (Å²) in [7, 11) is 0. The largest absolute Gasteiger partial charge is 0.457 e. The summed E-state index contributed by atoms with van der Waals surface area (Å²) in [6.07, 6.45) is -1.86. The molecule has 0 spiro atoms. The first kappa shape index (κ1) is 22.9. The van der Waals surface area contributed by atoms with Crippen molar-refractivity contribution in [2.75, 3.05) is 4.90 Å². The number of thiocarbonyl (C=S) groups is 1. The van der Waals surface area contributed by atoms with Crippen LogP contribution in [0.2, 0.25) is 0 Å². The fraction of sp³-hybridized carbons (Fsp3) is 0.0455. The number of amides is 1. The van der Waals surface area contributed by atoms with E-state index in [0.717, 1.165) is 28.8 Å². The van der Waals surface area contributed by atoms with Crippen molar-refractivity contribution in [1.82, 2.24) is 20.2 Å². The van der Waals surface area contributed by atoms with Crippen LogP contribution in [0, 0.1) is 5.82 Å². The van der Waals surface area contributed by atoms with E-state index in [-0.39, 0.29) is 20.6 Å². The number of thioether (sulfide) groups is 1. The topological polar surface area (TPSA) is 77.0 Å². The Balaban J connectivity index is 1.42. The van der Waals surface area contributed by atoms with E-state index in [4.69, 9.17) is 16.6 Å². The molecule has 0 aliphatic carbocycles. The number of aromatic nitrogens is 4. The summed E-state index contributed by atoms with van der Waals surface area (Å²) >= 11 is 6.18.